The molecule has 3 heterocycles. The molecule has 178 valence electrons. The zero-order valence-corrected chi connectivity index (χ0v) is 21.2. The minimum absolute atomic E-state index is 0.0752. The van der Waals surface area contributed by atoms with Gasteiger partial charge in [-0.1, -0.05) is 41.1 Å². The molecule has 35 heavy (non-hydrogen) atoms. The summed E-state index contributed by atoms with van der Waals surface area (Å²) in [5.74, 6) is 0.0471. The Labute approximate surface area is 212 Å². The van der Waals surface area contributed by atoms with Crippen LogP contribution in [0.3, 0.4) is 0 Å². The number of ether oxygens (including phenoxy) is 1. The molecular weight excluding hydrogens is 482 g/mol. The minimum Gasteiger partial charge on any atom is -0.370 e. The van der Waals surface area contributed by atoms with Crippen LogP contribution < -0.4 is 5.56 Å². The van der Waals surface area contributed by atoms with Crippen molar-refractivity contribution >= 4 is 40.2 Å². The predicted molar refractivity (Wildman–Crippen MR) is 139 cm³/mol. The molecule has 8 heteroatoms. The van der Waals surface area contributed by atoms with Crippen molar-refractivity contribution in [3.63, 3.8) is 0 Å². The van der Waals surface area contributed by atoms with Gasteiger partial charge in [-0.25, -0.2) is 9.97 Å². The number of hydrogen-bond acceptors (Lipinski definition) is 6. The number of thioether (sulfide) groups is 1. The van der Waals surface area contributed by atoms with Gasteiger partial charge in [0, 0.05) is 22.6 Å². The second-order valence-corrected chi connectivity index (χ2v) is 10.7. The molecule has 0 bridgehead atoms. The number of benzene rings is 2. The van der Waals surface area contributed by atoms with Crippen LogP contribution in [0.5, 0.6) is 0 Å². The van der Waals surface area contributed by atoms with Crippen LogP contribution in [0.2, 0.25) is 5.02 Å². The number of fused-ring (bicyclic) bond motifs is 2. The van der Waals surface area contributed by atoms with E-state index in [0.717, 1.165) is 16.8 Å². The molecule has 0 saturated carbocycles. The summed E-state index contributed by atoms with van der Waals surface area (Å²) < 4.78 is 7.49. The second kappa shape index (κ2) is 9.22. The van der Waals surface area contributed by atoms with E-state index in [-0.39, 0.29) is 22.7 Å². The number of carbonyl (C=O) groups excluding carboxylic acids is 1. The third-order valence-electron chi connectivity index (χ3n) is 6.00. The number of ketones is 1. The maximum atomic E-state index is 13.7. The molecule has 5 rings (SSSR count). The second-order valence-electron chi connectivity index (χ2n) is 9.28. The Bertz CT molecular complexity index is 1500. The summed E-state index contributed by atoms with van der Waals surface area (Å²) >= 11 is 7.17. The maximum Gasteiger partial charge on any atom is 0.268 e. The molecule has 1 aliphatic heterocycles. The van der Waals surface area contributed by atoms with Crippen LogP contribution in [-0.2, 0) is 17.8 Å². The molecular formula is C27H24ClN3O3S. The molecule has 2 aromatic carbocycles. The van der Waals surface area contributed by atoms with Crippen LogP contribution in [0.4, 0.5) is 0 Å². The van der Waals surface area contributed by atoms with Gasteiger partial charge in [-0.15, -0.1) is 0 Å². The normalized spacial score (nSPS) is 14.6. The van der Waals surface area contributed by atoms with Crippen LogP contribution in [0.15, 0.2) is 64.5 Å². The molecule has 6 nitrogen and oxygen atoms in total. The van der Waals surface area contributed by atoms with Gasteiger partial charge in [-0.3, -0.25) is 14.2 Å². The summed E-state index contributed by atoms with van der Waals surface area (Å²) in [7, 11) is 0. The van der Waals surface area contributed by atoms with Crippen LogP contribution in [0.1, 0.15) is 41.0 Å². The summed E-state index contributed by atoms with van der Waals surface area (Å²) in [5.41, 5.74) is 3.96. The first-order valence-electron chi connectivity index (χ1n) is 11.3. The highest BCUT2D eigenvalue weighted by atomic mass is 35.5. The van der Waals surface area contributed by atoms with Crippen molar-refractivity contribution in [3.05, 3.63) is 92.4 Å². The summed E-state index contributed by atoms with van der Waals surface area (Å²) in [6.07, 6.45) is 0.637. The van der Waals surface area contributed by atoms with Gasteiger partial charge in [0.1, 0.15) is 0 Å². The molecule has 0 amide bonds. The average Bonchev–Trinajstić information content (AvgIpc) is 2.82. The molecule has 0 spiro atoms. The van der Waals surface area contributed by atoms with E-state index in [1.54, 1.807) is 28.8 Å². The largest absolute Gasteiger partial charge is 0.370 e. The Morgan fingerprint density at radius 3 is 2.54 bits per heavy atom. The fraction of sp³-hybridized carbons (Fsp3) is 0.259. The van der Waals surface area contributed by atoms with E-state index in [9.17, 15) is 9.59 Å². The molecule has 0 fully saturated rings. The third kappa shape index (κ3) is 4.89. The summed E-state index contributed by atoms with van der Waals surface area (Å²) in [4.78, 5) is 36.1. The van der Waals surface area contributed by atoms with E-state index in [2.05, 4.69) is 0 Å². The van der Waals surface area contributed by atoms with Crippen molar-refractivity contribution in [1.82, 2.24) is 14.5 Å². The number of aromatic nitrogens is 3. The summed E-state index contributed by atoms with van der Waals surface area (Å²) in [6.45, 7) is 6.44. The number of rotatable bonds is 5. The Balaban J connectivity index is 1.60. The first-order valence-corrected chi connectivity index (χ1v) is 12.6. The average molecular weight is 506 g/mol. The zero-order valence-electron chi connectivity index (χ0n) is 19.7. The highest BCUT2D eigenvalue weighted by Crippen LogP contribution is 2.29. The number of Topliss-reactive ketones (excluding diaryl/α,β-unsaturated/α-hetero) is 1. The molecule has 2 aromatic heterocycles. The number of halogens is 1. The first-order chi connectivity index (χ1) is 16.7. The van der Waals surface area contributed by atoms with E-state index < -0.39 is 0 Å². The molecule has 1 aliphatic rings. The van der Waals surface area contributed by atoms with Crippen molar-refractivity contribution in [2.75, 3.05) is 5.75 Å². The minimum atomic E-state index is -0.326. The Morgan fingerprint density at radius 1 is 1.11 bits per heavy atom. The quantitative estimate of drug-likeness (QED) is 0.200. The highest BCUT2D eigenvalue weighted by molar-refractivity contribution is 7.99. The van der Waals surface area contributed by atoms with Gasteiger partial charge in [0.25, 0.3) is 5.56 Å². The van der Waals surface area contributed by atoms with Gasteiger partial charge in [-0.2, -0.15) is 0 Å². The lowest BCUT2D eigenvalue weighted by Gasteiger charge is -2.31. The van der Waals surface area contributed by atoms with Gasteiger partial charge in [0.15, 0.2) is 16.6 Å². The molecule has 0 N–H and O–H groups in total. The zero-order chi connectivity index (χ0) is 24.7. The molecule has 0 atom stereocenters. The van der Waals surface area contributed by atoms with Crippen LogP contribution in [-0.4, -0.2) is 31.7 Å². The lowest BCUT2D eigenvalue weighted by Crippen LogP contribution is -2.33. The number of hydrogen-bond donors (Lipinski definition) is 0. The first kappa shape index (κ1) is 23.7. The SMILES string of the molecule is Cc1ccc(-n2c(SCC(=O)c3ccc(Cl)cc3)nc3nc4c(cc3c2=O)COC(C)(C)C4)cc1. The predicted octanol–water partition coefficient (Wildman–Crippen LogP) is 5.57. The van der Waals surface area contributed by atoms with E-state index in [1.165, 1.54) is 11.8 Å². The molecule has 0 saturated heterocycles. The Hall–Kier alpha value is -3.00. The topological polar surface area (TPSA) is 74.1 Å². The number of aryl methyl sites for hydroxylation is 1. The third-order valence-corrected chi connectivity index (χ3v) is 7.19. The Kier molecular flexibility index (Phi) is 6.25. The van der Waals surface area contributed by atoms with E-state index in [4.69, 9.17) is 26.3 Å². The number of pyridine rings is 1. The number of nitrogens with zero attached hydrogens (tertiary/aromatic N) is 3. The smallest absolute Gasteiger partial charge is 0.268 e. The monoisotopic (exact) mass is 505 g/mol. The lowest BCUT2D eigenvalue weighted by atomic mass is 9.95. The van der Waals surface area contributed by atoms with Gasteiger partial charge in [0.2, 0.25) is 0 Å². The van der Waals surface area contributed by atoms with Gasteiger partial charge < -0.3 is 4.74 Å². The molecule has 0 radical (unpaired) electrons. The van der Waals surface area contributed by atoms with Crippen LogP contribution in [0, 0.1) is 6.92 Å². The van der Waals surface area contributed by atoms with Crippen molar-refractivity contribution in [3.8, 4) is 5.69 Å². The highest BCUT2D eigenvalue weighted by Gasteiger charge is 2.28. The van der Waals surface area contributed by atoms with Gasteiger partial charge in [0.05, 0.1) is 34.7 Å². The lowest BCUT2D eigenvalue weighted by molar-refractivity contribution is -0.0411. The fourth-order valence-corrected chi connectivity index (χ4v) is 5.07. The summed E-state index contributed by atoms with van der Waals surface area (Å²) in [5, 5.41) is 1.43. The van der Waals surface area contributed by atoms with E-state index in [0.29, 0.717) is 45.5 Å². The van der Waals surface area contributed by atoms with Crippen LogP contribution >= 0.6 is 23.4 Å². The van der Waals surface area contributed by atoms with Gasteiger partial charge >= 0.3 is 0 Å². The maximum absolute atomic E-state index is 13.7. The Morgan fingerprint density at radius 2 is 1.83 bits per heavy atom. The van der Waals surface area contributed by atoms with Crippen molar-refractivity contribution < 1.29 is 9.53 Å². The van der Waals surface area contributed by atoms with Crippen molar-refractivity contribution in [1.29, 1.82) is 0 Å². The van der Waals surface area contributed by atoms with E-state index >= 15 is 0 Å². The standard InChI is InChI=1S/C27H24ClN3O3S/c1-16-4-10-20(11-5-16)31-25(33)21-12-18-14-34-27(2,3)13-22(18)29-24(21)30-26(31)35-15-23(32)17-6-8-19(28)9-7-17/h4-12H,13-15H2,1-3H3. The summed E-state index contributed by atoms with van der Waals surface area (Å²) in [6, 6.07) is 16.3. The number of carbonyl (C=O) groups is 1. The van der Waals surface area contributed by atoms with Crippen molar-refractivity contribution in [2.24, 2.45) is 0 Å². The molecule has 0 aliphatic carbocycles. The van der Waals surface area contributed by atoms with Crippen LogP contribution in [0.25, 0.3) is 16.7 Å². The fourth-order valence-electron chi connectivity index (χ4n) is 4.05. The van der Waals surface area contributed by atoms with Gasteiger partial charge in [-0.05, 0) is 63.2 Å². The molecule has 0 unspecified atom stereocenters. The molecule has 4 aromatic rings. The van der Waals surface area contributed by atoms with E-state index in [1.807, 2.05) is 51.1 Å². The van der Waals surface area contributed by atoms with Crippen molar-refractivity contribution in [2.45, 2.75) is 44.6 Å².